The van der Waals surface area contributed by atoms with Crippen molar-refractivity contribution in [3.05, 3.63) is 42.1 Å². The van der Waals surface area contributed by atoms with Gasteiger partial charge in [-0.05, 0) is 48.5 Å². The van der Waals surface area contributed by atoms with Gasteiger partial charge < -0.3 is 21.1 Å². The van der Waals surface area contributed by atoms with E-state index in [1.54, 1.807) is 6.20 Å². The molecular formula is C28H39N5O5S. The molecule has 0 radical (unpaired) electrons. The lowest BCUT2D eigenvalue weighted by atomic mass is 9.97. The van der Waals surface area contributed by atoms with Crippen LogP contribution in [0.25, 0.3) is 10.9 Å². The fraction of sp³-hybridized carbons (Fsp3) is 0.536. The molecule has 1 aliphatic heterocycles. The zero-order chi connectivity index (χ0) is 28.4. The number of fused-ring (bicyclic) bond motifs is 1. The van der Waals surface area contributed by atoms with E-state index in [2.05, 4.69) is 20.9 Å². The van der Waals surface area contributed by atoms with E-state index in [0.717, 1.165) is 22.9 Å². The number of benzene rings is 1. The first kappa shape index (κ1) is 30.4. The van der Waals surface area contributed by atoms with Crippen molar-refractivity contribution in [2.75, 3.05) is 25.1 Å². The third-order valence-corrected chi connectivity index (χ3v) is 7.73. The third kappa shape index (κ3) is 9.21. The fourth-order valence-electron chi connectivity index (χ4n) is 4.61. The molecule has 0 saturated carbocycles. The van der Waals surface area contributed by atoms with Crippen LogP contribution in [0.1, 0.15) is 45.1 Å². The Morgan fingerprint density at radius 3 is 2.69 bits per heavy atom. The van der Waals surface area contributed by atoms with Crippen molar-refractivity contribution in [2.24, 2.45) is 5.92 Å². The van der Waals surface area contributed by atoms with Gasteiger partial charge in [-0.2, -0.15) is 11.8 Å². The largest absolute Gasteiger partial charge is 0.480 e. The van der Waals surface area contributed by atoms with Gasteiger partial charge in [0.15, 0.2) is 0 Å². The molecule has 0 unspecified atom stereocenters. The van der Waals surface area contributed by atoms with Crippen molar-refractivity contribution in [1.82, 2.24) is 25.8 Å². The molecule has 0 aliphatic carbocycles. The molecule has 1 aromatic heterocycles. The second kappa shape index (κ2) is 14.8. The number of carboxylic acid groups (broad SMARTS) is 1. The van der Waals surface area contributed by atoms with Crippen LogP contribution in [0.5, 0.6) is 0 Å². The highest BCUT2D eigenvalue weighted by Gasteiger charge is 2.31. The van der Waals surface area contributed by atoms with Gasteiger partial charge in [0, 0.05) is 37.1 Å². The monoisotopic (exact) mass is 557 g/mol. The van der Waals surface area contributed by atoms with E-state index >= 15 is 0 Å². The van der Waals surface area contributed by atoms with Crippen LogP contribution in [0, 0.1) is 5.92 Å². The first-order chi connectivity index (χ1) is 18.7. The van der Waals surface area contributed by atoms with E-state index in [9.17, 15) is 24.3 Å². The molecule has 10 nitrogen and oxygen atoms in total. The van der Waals surface area contributed by atoms with Crippen molar-refractivity contribution in [1.29, 1.82) is 0 Å². The highest BCUT2D eigenvalue weighted by molar-refractivity contribution is 7.98. The Labute approximate surface area is 233 Å². The average molecular weight is 558 g/mol. The van der Waals surface area contributed by atoms with Crippen molar-refractivity contribution in [3.63, 3.8) is 0 Å². The number of aromatic nitrogens is 1. The summed E-state index contributed by atoms with van der Waals surface area (Å²) < 4.78 is 0. The minimum atomic E-state index is -1.06. The smallest absolute Gasteiger partial charge is 0.326 e. The van der Waals surface area contributed by atoms with Gasteiger partial charge in [0.25, 0.3) is 0 Å². The lowest BCUT2D eigenvalue weighted by Crippen LogP contribution is -2.53. The second-order valence-electron chi connectivity index (χ2n) is 10.1. The maximum atomic E-state index is 13.0. The number of aliphatic carboxylic acids is 1. The summed E-state index contributed by atoms with van der Waals surface area (Å²) in [6.07, 6.45) is 5.58. The number of nitrogens with one attached hydrogen (secondary N) is 3. The van der Waals surface area contributed by atoms with Crippen molar-refractivity contribution >= 4 is 46.4 Å². The quantitative estimate of drug-likeness (QED) is 0.261. The lowest BCUT2D eigenvalue weighted by Gasteiger charge is -2.32. The molecule has 3 rings (SSSR count). The van der Waals surface area contributed by atoms with E-state index in [-0.39, 0.29) is 30.3 Å². The van der Waals surface area contributed by atoms with Crippen LogP contribution >= 0.6 is 11.8 Å². The average Bonchev–Trinajstić information content (AvgIpc) is 3.36. The summed E-state index contributed by atoms with van der Waals surface area (Å²) >= 11 is 1.52. The molecule has 2 heterocycles. The van der Waals surface area contributed by atoms with Gasteiger partial charge >= 0.3 is 5.97 Å². The molecule has 4 atom stereocenters. The molecule has 1 fully saturated rings. The molecule has 1 saturated heterocycles. The zero-order valence-corrected chi connectivity index (χ0v) is 23.6. The van der Waals surface area contributed by atoms with E-state index in [4.69, 9.17) is 0 Å². The number of pyridine rings is 1. The molecule has 2 aromatic rings. The summed E-state index contributed by atoms with van der Waals surface area (Å²) in [5, 5.41) is 19.0. The Hall–Kier alpha value is -3.18. The molecule has 3 amide bonds. The number of hydrogen-bond donors (Lipinski definition) is 4. The number of para-hydroxylation sites is 1. The Balaban J connectivity index is 1.79. The minimum Gasteiger partial charge on any atom is -0.480 e. The predicted octanol–water partition coefficient (Wildman–Crippen LogP) is 2.17. The number of amides is 3. The summed E-state index contributed by atoms with van der Waals surface area (Å²) in [5.74, 6) is -1.11. The molecule has 4 N–H and O–H groups in total. The Kier molecular flexibility index (Phi) is 11.5. The van der Waals surface area contributed by atoms with Crippen molar-refractivity contribution < 1.29 is 24.3 Å². The molecule has 0 spiro atoms. The van der Waals surface area contributed by atoms with Crippen molar-refractivity contribution in [3.8, 4) is 0 Å². The Morgan fingerprint density at radius 2 is 2.03 bits per heavy atom. The molecule has 1 aromatic carbocycles. The van der Waals surface area contributed by atoms with Gasteiger partial charge in [-0.1, -0.05) is 38.5 Å². The maximum absolute atomic E-state index is 13.0. The van der Waals surface area contributed by atoms with Gasteiger partial charge in [-0.15, -0.1) is 0 Å². The Bertz CT molecular complexity index is 1160. The van der Waals surface area contributed by atoms with Crippen LogP contribution in [0.15, 0.2) is 36.5 Å². The van der Waals surface area contributed by atoms with Gasteiger partial charge in [-0.3, -0.25) is 24.3 Å². The molecule has 11 heteroatoms. The number of carbonyl (C=O) groups is 4. The summed E-state index contributed by atoms with van der Waals surface area (Å²) in [7, 11) is 0. The zero-order valence-electron chi connectivity index (χ0n) is 22.8. The van der Waals surface area contributed by atoms with Crippen LogP contribution in [-0.2, 0) is 25.7 Å². The highest BCUT2D eigenvalue weighted by atomic mass is 32.2. The topological polar surface area (TPSA) is 141 Å². The molecule has 212 valence electrons. The number of hydrogen-bond acceptors (Lipinski definition) is 7. The number of rotatable bonds is 15. The summed E-state index contributed by atoms with van der Waals surface area (Å²) in [6, 6.07) is 7.99. The van der Waals surface area contributed by atoms with Gasteiger partial charge in [0.1, 0.15) is 12.1 Å². The van der Waals surface area contributed by atoms with E-state index in [1.807, 2.05) is 55.3 Å². The third-order valence-electron chi connectivity index (χ3n) is 7.09. The SMILES string of the molecule is CC[C@H](C)[C@@H](CN(CC(=O)N[C@@H](CCSC)C(=O)O)Cc1cnc2ccccc2c1)NC(=O)[C@@H]1CCC(=O)N1. The van der Waals surface area contributed by atoms with Gasteiger partial charge in [0.05, 0.1) is 12.1 Å². The second-order valence-corrected chi connectivity index (χ2v) is 11.1. The van der Waals surface area contributed by atoms with Crippen LogP contribution < -0.4 is 16.0 Å². The molecular weight excluding hydrogens is 518 g/mol. The van der Waals surface area contributed by atoms with E-state index in [0.29, 0.717) is 38.1 Å². The summed E-state index contributed by atoms with van der Waals surface area (Å²) in [4.78, 5) is 55.8. The Morgan fingerprint density at radius 1 is 1.26 bits per heavy atom. The number of thioether (sulfide) groups is 1. The van der Waals surface area contributed by atoms with E-state index < -0.39 is 24.0 Å². The van der Waals surface area contributed by atoms with Crippen LogP contribution in [0.3, 0.4) is 0 Å². The summed E-state index contributed by atoms with van der Waals surface area (Å²) in [6.45, 7) is 4.78. The normalized spacial score (nSPS) is 17.4. The highest BCUT2D eigenvalue weighted by Crippen LogP contribution is 2.17. The predicted molar refractivity (Wildman–Crippen MR) is 152 cm³/mol. The van der Waals surface area contributed by atoms with Gasteiger partial charge in [0.2, 0.25) is 17.7 Å². The number of nitrogens with zero attached hydrogens (tertiary/aromatic N) is 2. The van der Waals surface area contributed by atoms with E-state index in [1.165, 1.54) is 11.8 Å². The molecule has 0 bridgehead atoms. The minimum absolute atomic E-state index is 0.0428. The maximum Gasteiger partial charge on any atom is 0.326 e. The lowest BCUT2D eigenvalue weighted by molar-refractivity contribution is -0.142. The molecule has 1 aliphatic rings. The van der Waals surface area contributed by atoms with Crippen LogP contribution in [-0.4, -0.2) is 81.9 Å². The number of carboxylic acids is 1. The van der Waals surface area contributed by atoms with Crippen LogP contribution in [0.2, 0.25) is 0 Å². The van der Waals surface area contributed by atoms with Crippen molar-refractivity contribution in [2.45, 2.75) is 64.2 Å². The summed E-state index contributed by atoms with van der Waals surface area (Å²) in [5.41, 5.74) is 1.77. The number of carbonyl (C=O) groups excluding carboxylic acids is 3. The van der Waals surface area contributed by atoms with Crippen LogP contribution in [0.4, 0.5) is 0 Å². The first-order valence-electron chi connectivity index (χ1n) is 13.4. The fourth-order valence-corrected chi connectivity index (χ4v) is 5.08. The standard InChI is InChI=1S/C28H39N5O5S/c1-4-18(2)24(32-27(36)22-9-10-25(34)30-22)16-33(17-26(35)31-23(28(37)38)11-12-39-3)15-19-13-20-7-5-6-8-21(20)29-14-19/h5-8,13-14,18,22-24H,4,9-12,15-17H2,1-3H3,(H,30,34)(H,31,35)(H,32,36)(H,37,38)/t18-,22-,23-,24+/m0/s1. The van der Waals surface area contributed by atoms with Gasteiger partial charge in [-0.25, -0.2) is 4.79 Å². The first-order valence-corrected chi connectivity index (χ1v) is 14.8. The molecule has 39 heavy (non-hydrogen) atoms.